The molecule has 34 heavy (non-hydrogen) atoms. The van der Waals surface area contributed by atoms with Crippen LogP contribution in [0.4, 0.5) is 4.79 Å². The predicted octanol–water partition coefficient (Wildman–Crippen LogP) is 2.78. The van der Waals surface area contributed by atoms with E-state index in [9.17, 15) is 14.4 Å². The number of carbonyl (C=O) groups is 3. The molecule has 1 atom stereocenters. The lowest BCUT2D eigenvalue weighted by Crippen LogP contribution is -2.58. The second kappa shape index (κ2) is 10.3. The van der Waals surface area contributed by atoms with Gasteiger partial charge in [0, 0.05) is 37.9 Å². The predicted molar refractivity (Wildman–Crippen MR) is 127 cm³/mol. The number of hydrogen-bond donors (Lipinski definition) is 2. The molecular weight excluding hydrogens is 434 g/mol. The number of fused-ring (bicyclic) bond motifs is 3. The summed E-state index contributed by atoms with van der Waals surface area (Å²) in [5.41, 5.74) is 4.46. The van der Waals surface area contributed by atoms with Gasteiger partial charge in [-0.15, -0.1) is 0 Å². The second-order valence-electron chi connectivity index (χ2n) is 9.33. The first-order chi connectivity index (χ1) is 16.3. The number of rotatable bonds is 9. The van der Waals surface area contributed by atoms with E-state index in [0.717, 1.165) is 28.8 Å². The van der Waals surface area contributed by atoms with Gasteiger partial charge < -0.3 is 25.0 Å². The van der Waals surface area contributed by atoms with Crippen molar-refractivity contribution in [3.63, 3.8) is 0 Å². The molecule has 8 heteroatoms. The summed E-state index contributed by atoms with van der Waals surface area (Å²) in [4.78, 5) is 40.4. The molecule has 2 aromatic carbocycles. The zero-order chi connectivity index (χ0) is 24.2. The number of amides is 2. The zero-order valence-electron chi connectivity index (χ0n) is 19.6. The Morgan fingerprint density at radius 3 is 2.21 bits per heavy atom. The highest BCUT2D eigenvalue weighted by Gasteiger charge is 2.36. The first kappa shape index (κ1) is 23.8. The number of likely N-dealkylation sites (tertiary alicyclic amines) is 1. The molecule has 4 rings (SSSR count). The second-order valence-corrected chi connectivity index (χ2v) is 9.33. The maximum absolute atomic E-state index is 12.9. The smallest absolute Gasteiger partial charge is 0.407 e. The average molecular weight is 466 g/mol. The molecule has 1 unspecified atom stereocenters. The molecular formula is C26H31N3O5. The maximum Gasteiger partial charge on any atom is 0.407 e. The standard InChI is InChI=1S/C26H31N3O5/c1-28(2)13-17-14-29(15-17)25(32)23(11-12-24(30)31)27-26(33)34-16-22-20-9-5-3-7-18(20)19-8-4-6-10-21(19)22/h3-10,17,22-23H,11-16H2,1-2H3,(H,27,33)(H,30,31). The van der Waals surface area contributed by atoms with Crippen molar-refractivity contribution in [3.8, 4) is 11.1 Å². The number of carboxylic acid groups (broad SMARTS) is 1. The molecule has 8 nitrogen and oxygen atoms in total. The Balaban J connectivity index is 1.37. The van der Waals surface area contributed by atoms with Gasteiger partial charge in [0.1, 0.15) is 12.6 Å². The van der Waals surface area contributed by atoms with Crippen molar-refractivity contribution in [2.75, 3.05) is 40.3 Å². The minimum atomic E-state index is -1.01. The Hall–Kier alpha value is -3.39. The SMILES string of the molecule is CN(C)CC1CN(C(=O)C(CCC(=O)O)NC(=O)OCC2c3ccccc3-c3ccccc32)C1. The van der Waals surface area contributed by atoms with E-state index in [1.54, 1.807) is 4.90 Å². The van der Waals surface area contributed by atoms with Crippen LogP contribution in [-0.2, 0) is 14.3 Å². The van der Waals surface area contributed by atoms with Crippen molar-refractivity contribution in [3.05, 3.63) is 59.7 Å². The highest BCUT2D eigenvalue weighted by molar-refractivity contribution is 5.87. The molecule has 2 N–H and O–H groups in total. The Bertz CT molecular complexity index is 1020. The van der Waals surface area contributed by atoms with Crippen LogP contribution < -0.4 is 5.32 Å². The lowest BCUT2D eigenvalue weighted by molar-refractivity contribution is -0.141. The quantitative estimate of drug-likeness (QED) is 0.591. The fourth-order valence-corrected chi connectivity index (χ4v) is 4.91. The minimum absolute atomic E-state index is 0.0210. The van der Waals surface area contributed by atoms with E-state index in [2.05, 4.69) is 22.3 Å². The van der Waals surface area contributed by atoms with E-state index in [1.807, 2.05) is 50.5 Å². The summed E-state index contributed by atoms with van der Waals surface area (Å²) in [6.45, 7) is 2.22. The van der Waals surface area contributed by atoms with Gasteiger partial charge in [-0.1, -0.05) is 48.5 Å². The summed E-state index contributed by atoms with van der Waals surface area (Å²) in [6.07, 6.45) is -0.904. The summed E-state index contributed by atoms with van der Waals surface area (Å²) >= 11 is 0. The third kappa shape index (κ3) is 5.22. The van der Waals surface area contributed by atoms with Gasteiger partial charge in [0.25, 0.3) is 0 Å². The molecule has 0 bridgehead atoms. The Morgan fingerprint density at radius 1 is 1.06 bits per heavy atom. The molecule has 180 valence electrons. The number of hydrogen-bond acceptors (Lipinski definition) is 5. The van der Waals surface area contributed by atoms with E-state index in [0.29, 0.717) is 19.0 Å². The number of alkyl carbamates (subject to hydrolysis) is 1. The van der Waals surface area contributed by atoms with Crippen LogP contribution in [0, 0.1) is 5.92 Å². The average Bonchev–Trinajstić information content (AvgIpc) is 3.10. The summed E-state index contributed by atoms with van der Waals surface area (Å²) < 4.78 is 5.56. The van der Waals surface area contributed by atoms with Crippen molar-refractivity contribution in [1.82, 2.24) is 15.1 Å². The summed E-state index contributed by atoms with van der Waals surface area (Å²) in [6, 6.07) is 15.2. The Morgan fingerprint density at radius 2 is 1.65 bits per heavy atom. The van der Waals surface area contributed by atoms with Crippen LogP contribution in [0.2, 0.25) is 0 Å². The number of nitrogens with one attached hydrogen (secondary N) is 1. The van der Waals surface area contributed by atoms with Crippen molar-refractivity contribution < 1.29 is 24.2 Å². The summed E-state index contributed by atoms with van der Waals surface area (Å²) in [5, 5.41) is 11.7. The summed E-state index contributed by atoms with van der Waals surface area (Å²) in [5.74, 6) is -0.979. The molecule has 1 fully saturated rings. The van der Waals surface area contributed by atoms with Crippen LogP contribution in [-0.4, -0.2) is 79.3 Å². The van der Waals surface area contributed by atoms with E-state index in [1.165, 1.54) is 0 Å². The number of aliphatic carboxylic acids is 1. The van der Waals surface area contributed by atoms with E-state index in [-0.39, 0.29) is 31.3 Å². The van der Waals surface area contributed by atoms with Gasteiger partial charge in [-0.3, -0.25) is 9.59 Å². The van der Waals surface area contributed by atoms with Crippen molar-refractivity contribution >= 4 is 18.0 Å². The van der Waals surface area contributed by atoms with Crippen molar-refractivity contribution in [2.45, 2.75) is 24.8 Å². The number of carbonyl (C=O) groups excluding carboxylic acids is 2. The van der Waals surface area contributed by atoms with Crippen molar-refractivity contribution in [1.29, 1.82) is 0 Å². The number of benzene rings is 2. The Kier molecular flexibility index (Phi) is 7.17. The molecule has 2 aliphatic rings. The summed E-state index contributed by atoms with van der Waals surface area (Å²) in [7, 11) is 3.97. The van der Waals surface area contributed by atoms with Crippen LogP contribution in [0.5, 0.6) is 0 Å². The van der Waals surface area contributed by atoms with Gasteiger partial charge in [0.05, 0.1) is 0 Å². The van der Waals surface area contributed by atoms with Crippen LogP contribution >= 0.6 is 0 Å². The molecule has 0 aromatic heterocycles. The van der Waals surface area contributed by atoms with Gasteiger partial charge in [0.2, 0.25) is 5.91 Å². The molecule has 1 aliphatic carbocycles. The molecule has 1 saturated heterocycles. The lowest BCUT2D eigenvalue weighted by Gasteiger charge is -2.42. The van der Waals surface area contributed by atoms with Gasteiger partial charge in [-0.2, -0.15) is 0 Å². The fourth-order valence-electron chi connectivity index (χ4n) is 4.91. The minimum Gasteiger partial charge on any atom is -0.481 e. The topological polar surface area (TPSA) is 99.2 Å². The third-order valence-corrected chi connectivity index (χ3v) is 6.47. The van der Waals surface area contributed by atoms with Gasteiger partial charge in [-0.25, -0.2) is 4.79 Å². The normalized spacial score (nSPS) is 15.9. The number of ether oxygens (including phenoxy) is 1. The molecule has 0 saturated carbocycles. The molecule has 2 amide bonds. The highest BCUT2D eigenvalue weighted by Crippen LogP contribution is 2.44. The molecule has 1 heterocycles. The van der Waals surface area contributed by atoms with Gasteiger partial charge in [0.15, 0.2) is 0 Å². The van der Waals surface area contributed by atoms with E-state index < -0.39 is 18.1 Å². The number of nitrogens with zero attached hydrogens (tertiary/aromatic N) is 2. The van der Waals surface area contributed by atoms with Crippen LogP contribution in [0.25, 0.3) is 11.1 Å². The van der Waals surface area contributed by atoms with Crippen LogP contribution in [0.1, 0.15) is 29.9 Å². The fraction of sp³-hybridized carbons (Fsp3) is 0.423. The maximum atomic E-state index is 12.9. The largest absolute Gasteiger partial charge is 0.481 e. The van der Waals surface area contributed by atoms with Crippen molar-refractivity contribution in [2.24, 2.45) is 5.92 Å². The van der Waals surface area contributed by atoms with E-state index >= 15 is 0 Å². The van der Waals surface area contributed by atoms with E-state index in [4.69, 9.17) is 9.84 Å². The molecule has 1 aliphatic heterocycles. The zero-order valence-corrected chi connectivity index (χ0v) is 19.6. The molecule has 0 radical (unpaired) electrons. The monoisotopic (exact) mass is 465 g/mol. The third-order valence-electron chi connectivity index (χ3n) is 6.47. The van der Waals surface area contributed by atoms with Crippen LogP contribution in [0.15, 0.2) is 48.5 Å². The first-order valence-electron chi connectivity index (χ1n) is 11.6. The van der Waals surface area contributed by atoms with Gasteiger partial charge in [-0.05, 0) is 42.8 Å². The lowest BCUT2D eigenvalue weighted by atomic mass is 9.97. The first-order valence-corrected chi connectivity index (χ1v) is 11.6. The van der Waals surface area contributed by atoms with Crippen LogP contribution in [0.3, 0.4) is 0 Å². The highest BCUT2D eigenvalue weighted by atomic mass is 16.5. The molecule has 2 aromatic rings. The number of carboxylic acids is 1. The molecule has 0 spiro atoms. The van der Waals surface area contributed by atoms with Gasteiger partial charge >= 0.3 is 12.1 Å². The Labute approximate surface area is 199 Å².